The number of ether oxygens (including phenoxy) is 1. The van der Waals surface area contributed by atoms with Gasteiger partial charge in [0, 0.05) is 16.1 Å². The number of para-hydroxylation sites is 1. The number of hydrogen-bond donors (Lipinski definition) is 1. The fourth-order valence-corrected chi connectivity index (χ4v) is 4.80. The van der Waals surface area contributed by atoms with Crippen molar-refractivity contribution >= 4 is 51.7 Å². The van der Waals surface area contributed by atoms with Gasteiger partial charge >= 0.3 is 5.97 Å². The van der Waals surface area contributed by atoms with Gasteiger partial charge in [0.15, 0.2) is 6.61 Å². The van der Waals surface area contributed by atoms with Crippen LogP contribution in [0.5, 0.6) is 0 Å². The lowest BCUT2D eigenvalue weighted by Gasteiger charge is -2.35. The molecule has 4 rings (SSSR count). The highest BCUT2D eigenvalue weighted by Crippen LogP contribution is 2.39. The van der Waals surface area contributed by atoms with E-state index in [0.29, 0.717) is 27.2 Å². The lowest BCUT2D eigenvalue weighted by atomic mass is 9.70. The van der Waals surface area contributed by atoms with Crippen molar-refractivity contribution in [3.8, 4) is 0 Å². The summed E-state index contributed by atoms with van der Waals surface area (Å²) in [5.74, 6) is -0.570. The van der Waals surface area contributed by atoms with Crippen LogP contribution in [0.4, 0.5) is 5.69 Å². The molecule has 1 amide bonds. The molecular weight excluding hydrogens is 459 g/mol. The minimum atomic E-state index is -0.517. The number of fused-ring (bicyclic) bond motifs is 2. The number of pyridine rings is 1. The smallest absolute Gasteiger partial charge is 0.339 e. The Kier molecular flexibility index (Phi) is 6.64. The molecule has 172 valence electrons. The van der Waals surface area contributed by atoms with E-state index in [1.54, 1.807) is 12.1 Å². The largest absolute Gasteiger partial charge is 0.452 e. The zero-order valence-corrected chi connectivity index (χ0v) is 20.4. The number of benzene rings is 2. The molecule has 33 heavy (non-hydrogen) atoms. The van der Waals surface area contributed by atoms with Gasteiger partial charge in [-0.25, -0.2) is 4.79 Å². The molecule has 1 N–H and O–H groups in total. The summed E-state index contributed by atoms with van der Waals surface area (Å²) in [6, 6.07) is 12.3. The minimum Gasteiger partial charge on any atom is -0.452 e. The molecule has 0 spiro atoms. The van der Waals surface area contributed by atoms with Crippen LogP contribution >= 0.6 is 23.2 Å². The maximum Gasteiger partial charge on any atom is 0.339 e. The van der Waals surface area contributed by atoms with Crippen molar-refractivity contribution < 1.29 is 14.3 Å². The molecule has 0 radical (unpaired) electrons. The van der Waals surface area contributed by atoms with Crippen LogP contribution in [0, 0.1) is 11.3 Å². The maximum absolute atomic E-state index is 13.3. The number of carbonyl (C=O) groups is 2. The Labute approximate surface area is 203 Å². The first-order valence-corrected chi connectivity index (χ1v) is 11.7. The molecule has 0 fully saturated rings. The molecule has 1 aliphatic rings. The average molecular weight is 485 g/mol. The fourth-order valence-electron chi connectivity index (χ4n) is 4.34. The second kappa shape index (κ2) is 9.32. The molecule has 1 aromatic heterocycles. The van der Waals surface area contributed by atoms with Crippen molar-refractivity contribution in [2.45, 2.75) is 40.0 Å². The van der Waals surface area contributed by atoms with E-state index < -0.39 is 18.5 Å². The predicted octanol–water partition coefficient (Wildman–Crippen LogP) is 6.49. The Balaban J connectivity index is 1.59. The van der Waals surface area contributed by atoms with Crippen molar-refractivity contribution in [1.29, 1.82) is 0 Å². The van der Waals surface area contributed by atoms with Gasteiger partial charge in [0.1, 0.15) is 0 Å². The Bertz CT molecular complexity index is 1230. The van der Waals surface area contributed by atoms with Crippen molar-refractivity contribution in [3.05, 3.63) is 69.3 Å². The lowest BCUT2D eigenvalue weighted by molar-refractivity contribution is -0.119. The van der Waals surface area contributed by atoms with Crippen LogP contribution in [0.3, 0.4) is 0 Å². The summed E-state index contributed by atoms with van der Waals surface area (Å²) in [4.78, 5) is 30.5. The van der Waals surface area contributed by atoms with Gasteiger partial charge in [0.25, 0.3) is 5.91 Å². The highest BCUT2D eigenvalue weighted by Gasteiger charge is 2.33. The number of rotatable bonds is 4. The molecule has 2 aromatic carbocycles. The highest BCUT2D eigenvalue weighted by molar-refractivity contribution is 6.36. The molecule has 3 aromatic rings. The molecule has 7 heteroatoms. The van der Waals surface area contributed by atoms with Crippen LogP contribution in [0.15, 0.2) is 42.5 Å². The van der Waals surface area contributed by atoms with E-state index in [-0.39, 0.29) is 5.41 Å². The second-order valence-electron chi connectivity index (χ2n) is 9.48. The Hall–Kier alpha value is -2.63. The summed E-state index contributed by atoms with van der Waals surface area (Å²) in [6.07, 6.45) is 2.60. The number of hydrogen-bond acceptors (Lipinski definition) is 4. The average Bonchev–Trinajstić information content (AvgIpc) is 2.76. The molecule has 1 heterocycles. The number of nitrogens with zero attached hydrogens (tertiary/aromatic N) is 1. The van der Waals surface area contributed by atoms with Crippen LogP contribution in [0.25, 0.3) is 10.9 Å². The number of aromatic nitrogens is 1. The second-order valence-corrected chi connectivity index (χ2v) is 10.3. The molecule has 0 bridgehead atoms. The van der Waals surface area contributed by atoms with Gasteiger partial charge in [-0.3, -0.25) is 9.78 Å². The third-order valence-corrected chi connectivity index (χ3v) is 6.78. The lowest BCUT2D eigenvalue weighted by Crippen LogP contribution is -2.29. The van der Waals surface area contributed by atoms with E-state index in [4.69, 9.17) is 32.9 Å². The summed E-state index contributed by atoms with van der Waals surface area (Å²) in [6.45, 7) is 6.25. The Morgan fingerprint density at radius 1 is 1.15 bits per heavy atom. The van der Waals surface area contributed by atoms with Gasteiger partial charge < -0.3 is 10.1 Å². The summed E-state index contributed by atoms with van der Waals surface area (Å²) in [5.41, 5.74) is 3.67. The normalized spacial score (nSPS) is 15.7. The molecular formula is C26H26Cl2N2O3. The van der Waals surface area contributed by atoms with Gasteiger partial charge in [0.2, 0.25) is 0 Å². The van der Waals surface area contributed by atoms with Crippen LogP contribution in [0.1, 0.15) is 48.8 Å². The third kappa shape index (κ3) is 5.15. The number of anilines is 1. The van der Waals surface area contributed by atoms with E-state index in [2.05, 4.69) is 26.1 Å². The van der Waals surface area contributed by atoms with Crippen molar-refractivity contribution in [3.63, 3.8) is 0 Å². The van der Waals surface area contributed by atoms with E-state index in [1.807, 2.05) is 24.3 Å². The SMILES string of the molecule is CC(C)(C)C1CCc2nc3ccccc3c(C(=O)OCC(=O)Nc3ccc(Cl)cc3Cl)c2C1. The van der Waals surface area contributed by atoms with Gasteiger partial charge in [-0.15, -0.1) is 0 Å². The van der Waals surface area contributed by atoms with Gasteiger partial charge in [-0.1, -0.05) is 62.2 Å². The van der Waals surface area contributed by atoms with Crippen LogP contribution in [0.2, 0.25) is 10.0 Å². The molecule has 0 saturated carbocycles. The molecule has 5 nitrogen and oxygen atoms in total. The molecule has 1 aliphatic carbocycles. The first-order valence-electron chi connectivity index (χ1n) is 11.0. The van der Waals surface area contributed by atoms with Gasteiger partial charge in [-0.2, -0.15) is 0 Å². The molecule has 1 unspecified atom stereocenters. The van der Waals surface area contributed by atoms with Crippen LogP contribution in [-0.2, 0) is 22.4 Å². The Morgan fingerprint density at radius 3 is 2.64 bits per heavy atom. The molecule has 0 saturated heterocycles. The number of halogens is 2. The number of carbonyl (C=O) groups excluding carboxylic acids is 2. The fraction of sp³-hybridized carbons (Fsp3) is 0.346. The summed E-state index contributed by atoms with van der Waals surface area (Å²) < 4.78 is 5.47. The first-order chi connectivity index (χ1) is 15.6. The highest BCUT2D eigenvalue weighted by atomic mass is 35.5. The monoisotopic (exact) mass is 484 g/mol. The van der Waals surface area contributed by atoms with Gasteiger partial charge in [0.05, 0.1) is 21.8 Å². The van der Waals surface area contributed by atoms with E-state index in [1.165, 1.54) is 6.07 Å². The number of aryl methyl sites for hydroxylation is 1. The maximum atomic E-state index is 13.3. The van der Waals surface area contributed by atoms with Crippen LogP contribution in [-0.4, -0.2) is 23.5 Å². The number of amides is 1. The minimum absolute atomic E-state index is 0.113. The van der Waals surface area contributed by atoms with Crippen LogP contribution < -0.4 is 5.32 Å². The zero-order valence-electron chi connectivity index (χ0n) is 18.9. The standard InChI is InChI=1S/C26H26Cl2N2O3/c1-26(2,3)15-8-10-21-18(12-15)24(17-6-4-5-7-20(17)29-21)25(32)33-14-23(31)30-22-11-9-16(27)13-19(22)28/h4-7,9,11,13,15H,8,10,12,14H2,1-3H3,(H,30,31). The van der Waals surface area contributed by atoms with Crippen molar-refractivity contribution in [1.82, 2.24) is 4.98 Å². The summed E-state index contributed by atoms with van der Waals surface area (Å²) in [7, 11) is 0. The number of esters is 1. The summed E-state index contributed by atoms with van der Waals surface area (Å²) >= 11 is 12.0. The van der Waals surface area contributed by atoms with E-state index in [0.717, 1.165) is 41.4 Å². The summed E-state index contributed by atoms with van der Waals surface area (Å²) in [5, 5.41) is 4.17. The van der Waals surface area contributed by atoms with E-state index >= 15 is 0 Å². The molecule has 0 aliphatic heterocycles. The topological polar surface area (TPSA) is 68.3 Å². The van der Waals surface area contributed by atoms with Crippen molar-refractivity contribution in [2.75, 3.05) is 11.9 Å². The molecule has 1 atom stereocenters. The zero-order chi connectivity index (χ0) is 23.8. The third-order valence-electron chi connectivity index (χ3n) is 6.23. The van der Waals surface area contributed by atoms with Gasteiger partial charge in [-0.05, 0) is 60.4 Å². The number of nitrogens with one attached hydrogen (secondary N) is 1. The quantitative estimate of drug-likeness (QED) is 0.429. The Morgan fingerprint density at radius 2 is 1.91 bits per heavy atom. The van der Waals surface area contributed by atoms with E-state index in [9.17, 15) is 9.59 Å². The van der Waals surface area contributed by atoms with Crippen molar-refractivity contribution in [2.24, 2.45) is 11.3 Å². The first kappa shape index (κ1) is 23.5. The predicted molar refractivity (Wildman–Crippen MR) is 132 cm³/mol.